The fourth-order valence-corrected chi connectivity index (χ4v) is 4.14. The van der Waals surface area contributed by atoms with Crippen molar-refractivity contribution in [2.45, 2.75) is 32.7 Å². The standard InChI is InChI=1S/C22H25ClN2/c1-16-3-8-21-20(15-16)19-10-12-24(2)13-11-22(19)25(21)14-9-17-4-6-18(23)7-5-17/h3-8,15H,9-14H2,1-2H3. The summed E-state index contributed by atoms with van der Waals surface area (Å²) < 4.78 is 2.57. The molecule has 130 valence electrons. The van der Waals surface area contributed by atoms with Crippen LogP contribution in [0.25, 0.3) is 10.9 Å². The molecule has 2 aromatic carbocycles. The van der Waals surface area contributed by atoms with Crippen LogP contribution in [0.1, 0.15) is 22.4 Å². The van der Waals surface area contributed by atoms with Crippen LogP contribution in [0.15, 0.2) is 42.5 Å². The molecule has 0 radical (unpaired) electrons. The Kier molecular flexibility index (Phi) is 4.58. The predicted molar refractivity (Wildman–Crippen MR) is 107 cm³/mol. The fraction of sp³-hybridized carbons (Fsp3) is 0.364. The maximum Gasteiger partial charge on any atom is 0.0485 e. The van der Waals surface area contributed by atoms with Crippen molar-refractivity contribution in [1.29, 1.82) is 0 Å². The van der Waals surface area contributed by atoms with Gasteiger partial charge < -0.3 is 9.47 Å². The lowest BCUT2D eigenvalue weighted by Crippen LogP contribution is -2.21. The molecule has 25 heavy (non-hydrogen) atoms. The Morgan fingerprint density at radius 2 is 1.76 bits per heavy atom. The molecule has 0 aliphatic carbocycles. The van der Waals surface area contributed by atoms with Crippen molar-refractivity contribution in [3.8, 4) is 0 Å². The molecular weight excluding hydrogens is 328 g/mol. The highest BCUT2D eigenvalue weighted by atomic mass is 35.5. The zero-order valence-corrected chi connectivity index (χ0v) is 15.8. The molecule has 0 N–H and O–H groups in total. The highest BCUT2D eigenvalue weighted by molar-refractivity contribution is 6.30. The molecule has 2 heterocycles. The van der Waals surface area contributed by atoms with E-state index < -0.39 is 0 Å². The minimum atomic E-state index is 0.808. The minimum absolute atomic E-state index is 0.808. The normalized spacial score (nSPS) is 15.3. The summed E-state index contributed by atoms with van der Waals surface area (Å²) in [5.41, 5.74) is 7.20. The van der Waals surface area contributed by atoms with Crippen LogP contribution in [0, 0.1) is 6.92 Å². The summed E-state index contributed by atoms with van der Waals surface area (Å²) in [7, 11) is 2.23. The van der Waals surface area contributed by atoms with Crippen LogP contribution in [-0.2, 0) is 25.8 Å². The van der Waals surface area contributed by atoms with Gasteiger partial charge in [-0.1, -0.05) is 35.4 Å². The van der Waals surface area contributed by atoms with E-state index in [1.807, 2.05) is 12.1 Å². The number of hydrogen-bond donors (Lipinski definition) is 0. The van der Waals surface area contributed by atoms with Gasteiger partial charge >= 0.3 is 0 Å². The molecule has 0 fully saturated rings. The van der Waals surface area contributed by atoms with Crippen LogP contribution in [0.5, 0.6) is 0 Å². The van der Waals surface area contributed by atoms with Crippen molar-refractivity contribution < 1.29 is 0 Å². The number of nitrogens with zero attached hydrogens (tertiary/aromatic N) is 2. The molecule has 2 nitrogen and oxygen atoms in total. The van der Waals surface area contributed by atoms with Gasteiger partial charge in [0, 0.05) is 47.7 Å². The van der Waals surface area contributed by atoms with Gasteiger partial charge in [-0.05, 0) is 62.2 Å². The number of likely N-dealkylation sites (N-methyl/N-ethyl adjacent to an activating group) is 1. The first kappa shape index (κ1) is 16.7. The third-order valence-electron chi connectivity index (χ3n) is 5.45. The van der Waals surface area contributed by atoms with Gasteiger partial charge in [-0.25, -0.2) is 0 Å². The van der Waals surface area contributed by atoms with E-state index in [1.54, 1.807) is 11.3 Å². The Labute approximate surface area is 155 Å². The Morgan fingerprint density at radius 1 is 1.00 bits per heavy atom. The quantitative estimate of drug-likeness (QED) is 0.652. The molecular formula is C22H25ClN2. The largest absolute Gasteiger partial charge is 0.344 e. The van der Waals surface area contributed by atoms with Gasteiger partial charge in [0.25, 0.3) is 0 Å². The molecule has 0 saturated carbocycles. The summed E-state index contributed by atoms with van der Waals surface area (Å²) in [5.74, 6) is 0. The van der Waals surface area contributed by atoms with Crippen LogP contribution in [0.3, 0.4) is 0 Å². The molecule has 0 saturated heterocycles. The zero-order chi connectivity index (χ0) is 17.4. The third-order valence-corrected chi connectivity index (χ3v) is 5.71. The summed E-state index contributed by atoms with van der Waals surface area (Å²) in [6, 6.07) is 15.2. The van der Waals surface area contributed by atoms with Crippen molar-refractivity contribution in [1.82, 2.24) is 9.47 Å². The molecule has 0 spiro atoms. The average Bonchev–Trinajstić information content (AvgIpc) is 2.75. The van der Waals surface area contributed by atoms with Gasteiger partial charge in [0.1, 0.15) is 0 Å². The minimum Gasteiger partial charge on any atom is -0.344 e. The highest BCUT2D eigenvalue weighted by Gasteiger charge is 2.20. The second-order valence-corrected chi connectivity index (χ2v) is 7.71. The van der Waals surface area contributed by atoms with E-state index in [1.165, 1.54) is 22.0 Å². The van der Waals surface area contributed by atoms with E-state index in [0.717, 1.165) is 43.9 Å². The number of aryl methyl sites for hydroxylation is 3. The number of aromatic nitrogens is 1. The number of fused-ring (bicyclic) bond motifs is 3. The van der Waals surface area contributed by atoms with Gasteiger partial charge in [0.2, 0.25) is 0 Å². The van der Waals surface area contributed by atoms with E-state index in [9.17, 15) is 0 Å². The van der Waals surface area contributed by atoms with Crippen LogP contribution in [0.2, 0.25) is 5.02 Å². The first-order chi connectivity index (χ1) is 12.1. The van der Waals surface area contributed by atoms with Crippen molar-refractivity contribution in [3.05, 3.63) is 69.9 Å². The van der Waals surface area contributed by atoms with Crippen LogP contribution < -0.4 is 0 Å². The number of hydrogen-bond acceptors (Lipinski definition) is 1. The Balaban J connectivity index is 1.73. The summed E-state index contributed by atoms with van der Waals surface area (Å²) in [6.07, 6.45) is 3.33. The molecule has 0 bridgehead atoms. The first-order valence-corrected chi connectivity index (χ1v) is 9.53. The smallest absolute Gasteiger partial charge is 0.0485 e. The molecule has 4 rings (SSSR count). The van der Waals surface area contributed by atoms with E-state index in [2.05, 4.69) is 53.8 Å². The Hall–Kier alpha value is -1.77. The van der Waals surface area contributed by atoms with E-state index in [0.29, 0.717) is 0 Å². The van der Waals surface area contributed by atoms with Crippen molar-refractivity contribution in [2.24, 2.45) is 0 Å². The lowest BCUT2D eigenvalue weighted by Gasteiger charge is -2.14. The number of benzene rings is 2. The van der Waals surface area contributed by atoms with Gasteiger partial charge in [-0.15, -0.1) is 0 Å². The van der Waals surface area contributed by atoms with E-state index >= 15 is 0 Å². The molecule has 1 aliphatic rings. The molecule has 0 unspecified atom stereocenters. The maximum atomic E-state index is 6.02. The van der Waals surface area contributed by atoms with Gasteiger partial charge in [0.15, 0.2) is 0 Å². The Morgan fingerprint density at radius 3 is 2.56 bits per heavy atom. The van der Waals surface area contributed by atoms with Gasteiger partial charge in [0.05, 0.1) is 0 Å². The third kappa shape index (κ3) is 3.33. The topological polar surface area (TPSA) is 8.17 Å². The summed E-state index contributed by atoms with van der Waals surface area (Å²) in [4.78, 5) is 2.45. The van der Waals surface area contributed by atoms with Crippen molar-refractivity contribution in [3.63, 3.8) is 0 Å². The van der Waals surface area contributed by atoms with Gasteiger partial charge in [-0.2, -0.15) is 0 Å². The number of halogens is 1. The summed E-state index contributed by atoms with van der Waals surface area (Å²) in [5, 5.41) is 2.27. The lowest BCUT2D eigenvalue weighted by atomic mass is 10.1. The second-order valence-electron chi connectivity index (χ2n) is 7.28. The Bertz CT molecular complexity index is 893. The predicted octanol–water partition coefficient (Wildman–Crippen LogP) is 4.88. The first-order valence-electron chi connectivity index (χ1n) is 9.15. The lowest BCUT2D eigenvalue weighted by molar-refractivity contribution is 0.351. The maximum absolute atomic E-state index is 6.02. The zero-order valence-electron chi connectivity index (χ0n) is 15.1. The molecule has 1 aliphatic heterocycles. The molecule has 3 aromatic rings. The second kappa shape index (κ2) is 6.86. The average molecular weight is 353 g/mol. The van der Waals surface area contributed by atoms with Crippen LogP contribution in [0.4, 0.5) is 0 Å². The van der Waals surface area contributed by atoms with Crippen LogP contribution >= 0.6 is 11.6 Å². The van der Waals surface area contributed by atoms with E-state index in [4.69, 9.17) is 11.6 Å². The summed E-state index contributed by atoms with van der Waals surface area (Å²) in [6.45, 7) is 5.51. The van der Waals surface area contributed by atoms with E-state index in [-0.39, 0.29) is 0 Å². The molecule has 1 aromatic heterocycles. The molecule has 3 heteroatoms. The fourth-order valence-electron chi connectivity index (χ4n) is 4.01. The molecule has 0 amide bonds. The van der Waals surface area contributed by atoms with Crippen molar-refractivity contribution in [2.75, 3.05) is 20.1 Å². The monoisotopic (exact) mass is 352 g/mol. The molecule has 0 atom stereocenters. The summed E-state index contributed by atoms with van der Waals surface area (Å²) >= 11 is 6.02. The number of rotatable bonds is 3. The van der Waals surface area contributed by atoms with Crippen molar-refractivity contribution >= 4 is 22.5 Å². The van der Waals surface area contributed by atoms with Crippen LogP contribution in [-0.4, -0.2) is 29.6 Å². The van der Waals surface area contributed by atoms with Gasteiger partial charge in [-0.3, -0.25) is 0 Å². The SMILES string of the molecule is Cc1ccc2c(c1)c1c(n2CCc2ccc(Cl)cc2)CCN(C)CC1. The highest BCUT2D eigenvalue weighted by Crippen LogP contribution is 2.30.